The van der Waals surface area contributed by atoms with Crippen molar-refractivity contribution in [3.05, 3.63) is 12.5 Å². The summed E-state index contributed by atoms with van der Waals surface area (Å²) in [6.07, 6.45) is 5.06. The Kier molecular flexibility index (Phi) is 2.91. The van der Waals surface area contributed by atoms with Gasteiger partial charge in [0.15, 0.2) is 5.03 Å². The van der Waals surface area contributed by atoms with E-state index in [4.69, 9.17) is 0 Å². The minimum Gasteiger partial charge on any atom is -0.481 e. The molecule has 2 atom stereocenters. The maximum atomic E-state index is 12.5. The molecule has 0 radical (unpaired) electrons. The largest absolute Gasteiger partial charge is 0.481 e. The zero-order valence-electron chi connectivity index (χ0n) is 11.2. The second-order valence-electron chi connectivity index (χ2n) is 5.73. The van der Waals surface area contributed by atoms with Gasteiger partial charge < -0.3 is 9.67 Å². The van der Waals surface area contributed by atoms with Crippen LogP contribution in [0.4, 0.5) is 0 Å². The maximum Gasteiger partial charge on any atom is 0.311 e. The number of sulfonamides is 1. The zero-order chi connectivity index (χ0) is 14.5. The van der Waals surface area contributed by atoms with Gasteiger partial charge in [0.25, 0.3) is 10.0 Å². The predicted octanol–water partition coefficient (Wildman–Crippen LogP) is 0.295. The highest BCUT2D eigenvalue weighted by Gasteiger charge is 2.57. The molecule has 1 aromatic rings. The molecule has 1 saturated carbocycles. The highest BCUT2D eigenvalue weighted by atomic mass is 32.2. The monoisotopic (exact) mass is 299 g/mol. The molecule has 1 N–H and O–H groups in total. The zero-order valence-corrected chi connectivity index (χ0v) is 12.0. The van der Waals surface area contributed by atoms with E-state index in [1.54, 1.807) is 11.6 Å². The summed E-state index contributed by atoms with van der Waals surface area (Å²) < 4.78 is 27.9. The molecule has 8 heteroatoms. The number of hydrogen-bond donors (Lipinski definition) is 1. The molecular weight excluding hydrogens is 282 g/mol. The number of aryl methyl sites for hydroxylation is 1. The summed E-state index contributed by atoms with van der Waals surface area (Å²) in [5.74, 6) is -0.961. The Morgan fingerprint density at radius 3 is 2.85 bits per heavy atom. The first-order valence-electron chi connectivity index (χ1n) is 6.58. The summed E-state index contributed by atoms with van der Waals surface area (Å²) in [7, 11) is -2.00. The molecule has 0 bridgehead atoms. The van der Waals surface area contributed by atoms with Crippen LogP contribution in [-0.4, -0.2) is 46.4 Å². The Labute approximate surface area is 117 Å². The average molecular weight is 299 g/mol. The van der Waals surface area contributed by atoms with Crippen molar-refractivity contribution in [3.8, 4) is 0 Å². The van der Waals surface area contributed by atoms with Gasteiger partial charge in [-0.2, -0.15) is 4.31 Å². The van der Waals surface area contributed by atoms with Crippen molar-refractivity contribution in [2.45, 2.75) is 24.3 Å². The third-order valence-electron chi connectivity index (χ3n) is 4.55. The van der Waals surface area contributed by atoms with E-state index in [1.807, 2.05) is 0 Å². The van der Waals surface area contributed by atoms with E-state index in [-0.39, 0.29) is 24.0 Å². The molecule has 2 heterocycles. The Hall–Kier alpha value is -1.41. The number of fused-ring (bicyclic) bond motifs is 1. The molecule has 1 aromatic heterocycles. The summed E-state index contributed by atoms with van der Waals surface area (Å²) in [6.45, 7) is 0.344. The Balaban J connectivity index is 1.92. The van der Waals surface area contributed by atoms with Gasteiger partial charge >= 0.3 is 5.97 Å². The number of aromatic nitrogens is 2. The van der Waals surface area contributed by atoms with Crippen molar-refractivity contribution in [1.82, 2.24) is 13.9 Å². The van der Waals surface area contributed by atoms with Crippen molar-refractivity contribution >= 4 is 16.0 Å². The van der Waals surface area contributed by atoms with E-state index >= 15 is 0 Å². The molecule has 1 aliphatic heterocycles. The van der Waals surface area contributed by atoms with Gasteiger partial charge in [-0.25, -0.2) is 13.4 Å². The lowest BCUT2D eigenvalue weighted by atomic mass is 9.81. The van der Waals surface area contributed by atoms with Crippen LogP contribution in [0, 0.1) is 11.3 Å². The fourth-order valence-electron chi connectivity index (χ4n) is 3.43. The van der Waals surface area contributed by atoms with E-state index < -0.39 is 21.4 Å². The molecule has 20 heavy (non-hydrogen) atoms. The van der Waals surface area contributed by atoms with Gasteiger partial charge in [-0.1, -0.05) is 6.42 Å². The minimum absolute atomic E-state index is 0.0134. The topological polar surface area (TPSA) is 92.5 Å². The van der Waals surface area contributed by atoms with Crippen molar-refractivity contribution in [2.24, 2.45) is 18.4 Å². The molecule has 110 valence electrons. The maximum absolute atomic E-state index is 12.5. The third-order valence-corrected chi connectivity index (χ3v) is 6.25. The fourth-order valence-corrected chi connectivity index (χ4v) is 4.95. The number of nitrogens with zero attached hydrogens (tertiary/aromatic N) is 3. The summed E-state index contributed by atoms with van der Waals surface area (Å²) >= 11 is 0. The average Bonchev–Trinajstić information content (AvgIpc) is 3.00. The number of aliphatic carboxylic acids is 1. The van der Waals surface area contributed by atoms with Crippen LogP contribution in [0.1, 0.15) is 19.3 Å². The number of rotatable bonds is 3. The minimum atomic E-state index is -3.69. The summed E-state index contributed by atoms with van der Waals surface area (Å²) in [4.78, 5) is 15.5. The number of hydrogen-bond acceptors (Lipinski definition) is 4. The van der Waals surface area contributed by atoms with Gasteiger partial charge in [0.05, 0.1) is 11.7 Å². The van der Waals surface area contributed by atoms with Gasteiger partial charge in [0.2, 0.25) is 0 Å². The van der Waals surface area contributed by atoms with Crippen molar-refractivity contribution in [1.29, 1.82) is 0 Å². The third kappa shape index (κ3) is 1.78. The number of carbonyl (C=O) groups is 1. The Morgan fingerprint density at radius 2 is 2.30 bits per heavy atom. The van der Waals surface area contributed by atoms with Crippen molar-refractivity contribution in [3.63, 3.8) is 0 Å². The van der Waals surface area contributed by atoms with E-state index in [2.05, 4.69) is 4.98 Å². The number of carboxylic acid groups (broad SMARTS) is 1. The molecule has 0 amide bonds. The van der Waals surface area contributed by atoms with Gasteiger partial charge in [-0.15, -0.1) is 0 Å². The van der Waals surface area contributed by atoms with Gasteiger partial charge in [-0.3, -0.25) is 4.79 Å². The highest BCUT2D eigenvalue weighted by Crippen LogP contribution is 2.49. The molecule has 2 aliphatic rings. The lowest BCUT2D eigenvalue weighted by Gasteiger charge is -2.22. The van der Waals surface area contributed by atoms with E-state index in [0.717, 1.165) is 12.8 Å². The molecular formula is C12H17N3O4S. The molecule has 2 fully saturated rings. The van der Waals surface area contributed by atoms with Gasteiger partial charge in [-0.05, 0) is 18.8 Å². The second kappa shape index (κ2) is 4.29. The number of imidazole rings is 1. The van der Waals surface area contributed by atoms with Crippen LogP contribution in [-0.2, 0) is 21.9 Å². The van der Waals surface area contributed by atoms with Crippen molar-refractivity contribution in [2.75, 3.05) is 13.1 Å². The summed E-state index contributed by atoms with van der Waals surface area (Å²) in [5, 5.41) is 9.48. The SMILES string of the molecule is Cn1cnc(S(=O)(=O)N2C[C@@H]3CCC[C@@]3(C(=O)O)C2)c1. The quantitative estimate of drug-likeness (QED) is 0.866. The molecule has 1 saturated heterocycles. The standard InChI is InChI=1S/C12H17N3O4S/c1-14-6-10(13-8-14)20(18,19)15-5-9-3-2-4-12(9,7-15)11(16)17/h6,8-9H,2-5,7H2,1H3,(H,16,17)/t9-,12+/m0/s1. The molecule has 0 unspecified atom stereocenters. The summed E-state index contributed by atoms with van der Waals surface area (Å²) in [6, 6.07) is 0. The first-order chi connectivity index (χ1) is 9.36. The van der Waals surface area contributed by atoms with Crippen LogP contribution in [0.2, 0.25) is 0 Å². The highest BCUT2D eigenvalue weighted by molar-refractivity contribution is 7.89. The fraction of sp³-hybridized carbons (Fsp3) is 0.667. The lowest BCUT2D eigenvalue weighted by molar-refractivity contribution is -0.149. The van der Waals surface area contributed by atoms with Crippen LogP contribution in [0.3, 0.4) is 0 Å². The first-order valence-corrected chi connectivity index (χ1v) is 8.02. The predicted molar refractivity (Wildman–Crippen MR) is 69.4 cm³/mol. The van der Waals surface area contributed by atoms with Crippen LogP contribution in [0.25, 0.3) is 0 Å². The van der Waals surface area contributed by atoms with Crippen molar-refractivity contribution < 1.29 is 18.3 Å². The molecule has 1 aliphatic carbocycles. The molecule has 7 nitrogen and oxygen atoms in total. The Morgan fingerprint density at radius 1 is 1.55 bits per heavy atom. The van der Waals surface area contributed by atoms with E-state index in [9.17, 15) is 18.3 Å². The van der Waals surface area contributed by atoms with E-state index in [1.165, 1.54) is 16.8 Å². The second-order valence-corrected chi connectivity index (χ2v) is 7.61. The lowest BCUT2D eigenvalue weighted by Crippen LogP contribution is -2.37. The summed E-state index contributed by atoms with van der Waals surface area (Å²) in [5.41, 5.74) is -0.901. The van der Waals surface area contributed by atoms with Crippen LogP contribution < -0.4 is 0 Å². The smallest absolute Gasteiger partial charge is 0.311 e. The van der Waals surface area contributed by atoms with Gasteiger partial charge in [0.1, 0.15) is 0 Å². The van der Waals surface area contributed by atoms with Gasteiger partial charge in [0, 0.05) is 26.3 Å². The Bertz CT molecular complexity index is 653. The molecule has 0 aromatic carbocycles. The van der Waals surface area contributed by atoms with E-state index in [0.29, 0.717) is 6.42 Å². The molecule has 0 spiro atoms. The number of carboxylic acids is 1. The normalized spacial score (nSPS) is 30.6. The van der Waals surface area contributed by atoms with Crippen LogP contribution in [0.15, 0.2) is 17.6 Å². The molecule has 3 rings (SSSR count). The first kappa shape index (κ1) is 13.6. The van der Waals surface area contributed by atoms with Crippen LogP contribution in [0.5, 0.6) is 0 Å². The van der Waals surface area contributed by atoms with Crippen LogP contribution >= 0.6 is 0 Å².